The molecule has 3 heterocycles. The van der Waals surface area contributed by atoms with Crippen LogP contribution in [-0.2, 0) is 16.6 Å². The van der Waals surface area contributed by atoms with Gasteiger partial charge in [0.05, 0.1) is 12.1 Å². The van der Waals surface area contributed by atoms with Gasteiger partial charge in [-0.05, 0) is 30.5 Å². The van der Waals surface area contributed by atoms with Crippen molar-refractivity contribution in [3.05, 3.63) is 48.3 Å². The third-order valence-electron chi connectivity index (χ3n) is 5.53. The number of aryl methyl sites for hydroxylation is 1. The van der Waals surface area contributed by atoms with Crippen molar-refractivity contribution >= 4 is 29.9 Å². The highest BCUT2D eigenvalue weighted by Gasteiger charge is 2.38. The Morgan fingerprint density at radius 2 is 2.04 bits per heavy atom. The number of anilines is 1. The zero-order valence-corrected chi connectivity index (χ0v) is 16.7. The molecule has 8 heteroatoms. The molecule has 0 aliphatic carbocycles. The smallest absolute Gasteiger partial charge is 0.249 e. The number of amides is 2. The largest absolute Gasteiger partial charge is 0.344 e. The van der Waals surface area contributed by atoms with E-state index < -0.39 is 6.04 Å². The van der Waals surface area contributed by atoms with Crippen molar-refractivity contribution in [1.29, 1.82) is 0 Å². The Kier molecular flexibility index (Phi) is 6.36. The van der Waals surface area contributed by atoms with E-state index in [2.05, 4.69) is 15.7 Å². The van der Waals surface area contributed by atoms with Gasteiger partial charge in [0, 0.05) is 44.5 Å². The van der Waals surface area contributed by atoms with Crippen LogP contribution in [0.4, 0.5) is 5.69 Å². The average Bonchev–Trinajstić information content (AvgIpc) is 3.33. The predicted octanol–water partition coefficient (Wildman–Crippen LogP) is 1.46. The van der Waals surface area contributed by atoms with Crippen LogP contribution in [0.2, 0.25) is 0 Å². The van der Waals surface area contributed by atoms with E-state index >= 15 is 0 Å². The number of para-hydroxylation sites is 1. The Morgan fingerprint density at radius 3 is 2.75 bits per heavy atom. The highest BCUT2D eigenvalue weighted by atomic mass is 35.5. The fourth-order valence-corrected chi connectivity index (χ4v) is 4.09. The summed E-state index contributed by atoms with van der Waals surface area (Å²) in [6.07, 6.45) is 5.34. The quantitative estimate of drug-likeness (QED) is 0.810. The zero-order chi connectivity index (χ0) is 18.8. The third kappa shape index (κ3) is 4.05. The molecule has 1 aromatic heterocycles. The minimum atomic E-state index is -0.457. The minimum Gasteiger partial charge on any atom is -0.344 e. The van der Waals surface area contributed by atoms with Crippen LogP contribution in [-0.4, -0.2) is 47.3 Å². The molecule has 2 saturated heterocycles. The van der Waals surface area contributed by atoms with E-state index in [1.807, 2.05) is 49.8 Å². The Labute approximate surface area is 170 Å². The summed E-state index contributed by atoms with van der Waals surface area (Å²) in [5, 5.41) is 10.5. The summed E-state index contributed by atoms with van der Waals surface area (Å²) in [5.74, 6) is -0.177. The molecule has 2 aromatic rings. The number of hydrogen-bond acceptors (Lipinski definition) is 4. The number of halogens is 1. The van der Waals surface area contributed by atoms with Crippen LogP contribution < -0.4 is 15.5 Å². The zero-order valence-electron chi connectivity index (χ0n) is 15.9. The van der Waals surface area contributed by atoms with E-state index in [-0.39, 0.29) is 36.1 Å². The molecule has 150 valence electrons. The van der Waals surface area contributed by atoms with Crippen LogP contribution in [0.5, 0.6) is 0 Å². The first kappa shape index (κ1) is 20.4. The Balaban J connectivity index is 0.00000225. The van der Waals surface area contributed by atoms with Gasteiger partial charge in [-0.15, -0.1) is 12.4 Å². The minimum absolute atomic E-state index is 0. The van der Waals surface area contributed by atoms with Crippen molar-refractivity contribution in [1.82, 2.24) is 20.4 Å². The van der Waals surface area contributed by atoms with Gasteiger partial charge in [-0.2, -0.15) is 5.10 Å². The first-order valence-corrected chi connectivity index (χ1v) is 9.49. The van der Waals surface area contributed by atoms with Gasteiger partial charge in [0.2, 0.25) is 11.8 Å². The molecule has 7 nitrogen and oxygen atoms in total. The molecular weight excluding hydrogens is 378 g/mol. The maximum absolute atomic E-state index is 12.9. The topological polar surface area (TPSA) is 79.3 Å². The second-order valence-electron chi connectivity index (χ2n) is 7.35. The molecule has 2 N–H and O–H groups in total. The molecule has 2 amide bonds. The van der Waals surface area contributed by atoms with Crippen LogP contribution >= 0.6 is 12.4 Å². The molecule has 0 bridgehead atoms. The molecule has 0 saturated carbocycles. The molecule has 1 unspecified atom stereocenters. The van der Waals surface area contributed by atoms with Gasteiger partial charge < -0.3 is 15.5 Å². The van der Waals surface area contributed by atoms with Gasteiger partial charge in [-0.1, -0.05) is 18.2 Å². The first-order valence-electron chi connectivity index (χ1n) is 9.49. The number of benzene rings is 1. The van der Waals surface area contributed by atoms with Crippen LogP contribution in [0, 0.1) is 5.92 Å². The lowest BCUT2D eigenvalue weighted by molar-refractivity contribution is -0.130. The van der Waals surface area contributed by atoms with E-state index in [0.29, 0.717) is 19.5 Å². The summed E-state index contributed by atoms with van der Waals surface area (Å²) in [4.78, 5) is 27.6. The lowest BCUT2D eigenvalue weighted by Gasteiger charge is -2.33. The molecule has 2 aliphatic rings. The van der Waals surface area contributed by atoms with E-state index in [0.717, 1.165) is 24.2 Å². The second-order valence-corrected chi connectivity index (χ2v) is 7.35. The van der Waals surface area contributed by atoms with Crippen molar-refractivity contribution in [2.45, 2.75) is 24.8 Å². The van der Waals surface area contributed by atoms with Crippen molar-refractivity contribution in [2.24, 2.45) is 13.0 Å². The Hall–Kier alpha value is -2.38. The van der Waals surface area contributed by atoms with Crippen molar-refractivity contribution in [3.63, 3.8) is 0 Å². The molecule has 4 rings (SSSR count). The second kappa shape index (κ2) is 8.75. The maximum atomic E-state index is 12.9. The standard InChI is InChI=1S/C20H25N5O2.ClH/c1-24-13-14(10-22-24)16-11-21-12-17(16)19(26)23-18-8-5-9-25(20(18)27)15-6-3-2-4-7-15;/h2-4,6-7,10,13,16-18,21H,5,8-9,11-12H2,1H3,(H,23,26);1H/t16-,17+,18?;/m1./s1. The van der Waals surface area contributed by atoms with Crippen molar-refractivity contribution in [2.75, 3.05) is 24.5 Å². The van der Waals surface area contributed by atoms with Gasteiger partial charge in [-0.25, -0.2) is 0 Å². The number of aromatic nitrogens is 2. The van der Waals surface area contributed by atoms with Crippen molar-refractivity contribution in [3.8, 4) is 0 Å². The summed E-state index contributed by atoms with van der Waals surface area (Å²) in [6.45, 7) is 2.06. The number of piperidine rings is 1. The highest BCUT2D eigenvalue weighted by molar-refractivity contribution is 6.00. The number of hydrogen-bond donors (Lipinski definition) is 2. The number of rotatable bonds is 4. The maximum Gasteiger partial charge on any atom is 0.249 e. The average molecular weight is 404 g/mol. The van der Waals surface area contributed by atoms with Crippen molar-refractivity contribution < 1.29 is 9.59 Å². The lowest BCUT2D eigenvalue weighted by Crippen LogP contribution is -2.54. The summed E-state index contributed by atoms with van der Waals surface area (Å²) < 4.78 is 1.75. The molecule has 3 atom stereocenters. The van der Waals surface area contributed by atoms with Gasteiger partial charge in [-0.3, -0.25) is 14.3 Å². The highest BCUT2D eigenvalue weighted by Crippen LogP contribution is 2.28. The summed E-state index contributed by atoms with van der Waals surface area (Å²) in [6, 6.07) is 9.19. The van der Waals surface area contributed by atoms with E-state index in [9.17, 15) is 9.59 Å². The summed E-state index contributed by atoms with van der Waals surface area (Å²) >= 11 is 0. The van der Waals surface area contributed by atoms with Crippen LogP contribution in [0.25, 0.3) is 0 Å². The fraction of sp³-hybridized carbons (Fsp3) is 0.450. The van der Waals surface area contributed by atoms with E-state index in [4.69, 9.17) is 0 Å². The van der Waals surface area contributed by atoms with Gasteiger partial charge >= 0.3 is 0 Å². The summed E-state index contributed by atoms with van der Waals surface area (Å²) in [7, 11) is 1.87. The van der Waals surface area contributed by atoms with Gasteiger partial charge in [0.15, 0.2) is 0 Å². The van der Waals surface area contributed by atoms with E-state index in [1.54, 1.807) is 9.58 Å². The number of nitrogens with zero attached hydrogens (tertiary/aromatic N) is 3. The molecule has 28 heavy (non-hydrogen) atoms. The molecule has 2 aliphatic heterocycles. The molecular formula is C20H26ClN5O2. The number of nitrogens with one attached hydrogen (secondary N) is 2. The SMILES string of the molecule is Cl.Cn1cc([C@H]2CNC[C@@H]2C(=O)NC2CCCN(c3ccccc3)C2=O)cn1. The van der Waals surface area contributed by atoms with Crippen LogP contribution in [0.3, 0.4) is 0 Å². The monoisotopic (exact) mass is 403 g/mol. The van der Waals surface area contributed by atoms with Gasteiger partial charge in [0.1, 0.15) is 6.04 Å². The fourth-order valence-electron chi connectivity index (χ4n) is 4.09. The molecule has 2 fully saturated rings. The lowest BCUT2D eigenvalue weighted by atomic mass is 9.89. The molecule has 0 radical (unpaired) electrons. The third-order valence-corrected chi connectivity index (χ3v) is 5.53. The summed E-state index contributed by atoms with van der Waals surface area (Å²) in [5.41, 5.74) is 1.95. The number of carbonyl (C=O) groups excluding carboxylic acids is 2. The Morgan fingerprint density at radius 1 is 1.25 bits per heavy atom. The Bertz CT molecular complexity index is 825. The predicted molar refractivity (Wildman–Crippen MR) is 110 cm³/mol. The molecule has 1 aromatic carbocycles. The van der Waals surface area contributed by atoms with Crippen LogP contribution in [0.15, 0.2) is 42.7 Å². The number of carbonyl (C=O) groups is 2. The normalized spacial score (nSPS) is 24.7. The van der Waals surface area contributed by atoms with E-state index in [1.165, 1.54) is 0 Å². The van der Waals surface area contributed by atoms with Gasteiger partial charge in [0.25, 0.3) is 0 Å². The first-order chi connectivity index (χ1) is 13.1. The molecule has 0 spiro atoms. The van der Waals surface area contributed by atoms with Crippen LogP contribution in [0.1, 0.15) is 24.3 Å².